The van der Waals surface area contributed by atoms with Gasteiger partial charge in [-0.25, -0.2) is 0 Å². The molecule has 1 fully saturated rings. The Labute approximate surface area is 209 Å². The molecule has 0 saturated carbocycles. The van der Waals surface area contributed by atoms with Crippen LogP contribution in [0.5, 0.6) is 5.75 Å². The number of amides is 1. The Bertz CT molecular complexity index is 1130. The first kappa shape index (κ1) is 23.9. The lowest BCUT2D eigenvalue weighted by Gasteiger charge is -2.35. The third-order valence-corrected chi connectivity index (χ3v) is 6.82. The Morgan fingerprint density at radius 1 is 0.879 bits per heavy atom. The van der Waals surface area contributed by atoms with E-state index in [1.54, 1.807) is 6.07 Å². The first-order chi connectivity index (χ1) is 15.9. The average molecular weight is 504 g/mol. The molecule has 1 amide bonds. The highest BCUT2D eigenvalue weighted by atomic mass is 35.5. The number of carbonyl (C=O) groups excluding carboxylic acids is 1. The number of aryl methyl sites for hydroxylation is 1. The quantitative estimate of drug-likeness (QED) is 0.385. The zero-order valence-electron chi connectivity index (χ0n) is 18.4. The molecule has 1 aliphatic heterocycles. The first-order valence-corrected chi connectivity index (χ1v) is 12.0. The highest BCUT2D eigenvalue weighted by Gasteiger charge is 2.22. The van der Waals surface area contributed by atoms with Crippen LogP contribution in [0.15, 0.2) is 60.7 Å². The van der Waals surface area contributed by atoms with E-state index in [-0.39, 0.29) is 5.91 Å². The number of hydrogen-bond acceptors (Lipinski definition) is 3. The predicted molar refractivity (Wildman–Crippen MR) is 135 cm³/mol. The molecule has 4 rings (SSSR count). The number of hydrogen-bond donors (Lipinski definition) is 0. The number of carbonyl (C=O) groups is 1. The monoisotopic (exact) mass is 502 g/mol. The van der Waals surface area contributed by atoms with Crippen LogP contribution >= 0.6 is 34.8 Å². The van der Waals surface area contributed by atoms with Gasteiger partial charge in [-0.15, -0.1) is 0 Å². The second-order valence-corrected chi connectivity index (χ2v) is 9.45. The average Bonchev–Trinajstić information content (AvgIpc) is 2.82. The number of halogens is 3. The van der Waals surface area contributed by atoms with E-state index in [2.05, 4.69) is 4.90 Å². The first-order valence-electron chi connectivity index (χ1n) is 10.8. The molecule has 0 bridgehead atoms. The van der Waals surface area contributed by atoms with Crippen LogP contribution in [0.25, 0.3) is 0 Å². The molecule has 1 heterocycles. The highest BCUT2D eigenvalue weighted by molar-refractivity contribution is 6.35. The van der Waals surface area contributed by atoms with Gasteiger partial charge in [-0.3, -0.25) is 9.69 Å². The minimum absolute atomic E-state index is 0.0555. The van der Waals surface area contributed by atoms with Crippen LogP contribution in [0.1, 0.15) is 27.0 Å². The third kappa shape index (κ3) is 6.21. The second kappa shape index (κ2) is 10.8. The fourth-order valence-corrected chi connectivity index (χ4v) is 4.39. The number of piperazine rings is 1. The van der Waals surface area contributed by atoms with E-state index in [0.717, 1.165) is 47.1 Å². The fraction of sp³-hybridized carbons (Fsp3) is 0.269. The van der Waals surface area contributed by atoms with Crippen molar-refractivity contribution in [1.82, 2.24) is 9.80 Å². The zero-order chi connectivity index (χ0) is 23.4. The summed E-state index contributed by atoms with van der Waals surface area (Å²) in [4.78, 5) is 17.2. The number of nitrogens with zero attached hydrogens (tertiary/aromatic N) is 2. The maximum atomic E-state index is 12.9. The van der Waals surface area contributed by atoms with Crippen molar-refractivity contribution >= 4 is 40.7 Å². The van der Waals surface area contributed by atoms with Crippen molar-refractivity contribution in [2.75, 3.05) is 26.2 Å². The van der Waals surface area contributed by atoms with Crippen LogP contribution in [-0.4, -0.2) is 41.9 Å². The van der Waals surface area contributed by atoms with Gasteiger partial charge in [-0.05, 0) is 66.1 Å². The van der Waals surface area contributed by atoms with Crippen LogP contribution < -0.4 is 4.74 Å². The maximum Gasteiger partial charge on any atom is 0.253 e. The molecule has 172 valence electrons. The molecule has 0 N–H and O–H groups in total. The molecule has 0 aliphatic carbocycles. The van der Waals surface area contributed by atoms with Crippen LogP contribution in [-0.2, 0) is 13.2 Å². The molecular formula is C26H25Cl3N2O2. The van der Waals surface area contributed by atoms with Gasteiger partial charge in [0.05, 0.1) is 0 Å². The van der Waals surface area contributed by atoms with E-state index in [1.165, 1.54) is 0 Å². The van der Waals surface area contributed by atoms with Gasteiger partial charge in [0.25, 0.3) is 5.91 Å². The largest absolute Gasteiger partial charge is 0.489 e. The minimum Gasteiger partial charge on any atom is -0.489 e. The van der Waals surface area contributed by atoms with E-state index in [0.29, 0.717) is 35.3 Å². The Kier molecular flexibility index (Phi) is 7.82. The molecule has 0 unspecified atom stereocenters. The van der Waals surface area contributed by atoms with Gasteiger partial charge >= 0.3 is 0 Å². The topological polar surface area (TPSA) is 32.8 Å². The Morgan fingerprint density at radius 3 is 2.27 bits per heavy atom. The Balaban J connectivity index is 1.28. The molecule has 0 atom stereocenters. The summed E-state index contributed by atoms with van der Waals surface area (Å²) in [5.74, 6) is 0.829. The summed E-state index contributed by atoms with van der Waals surface area (Å²) in [5.41, 5.74) is 3.72. The summed E-state index contributed by atoms with van der Waals surface area (Å²) in [7, 11) is 0. The standard InChI is InChI=1S/C26H25Cl3N2O2/c1-18-14-23(8-9-24(18)28)33-17-19-2-4-20(5-3-19)26(32)31-12-10-30(11-13-31)16-21-6-7-22(27)15-25(21)29/h2-9,14-15H,10-13,16-17H2,1H3. The molecule has 4 nitrogen and oxygen atoms in total. The molecule has 33 heavy (non-hydrogen) atoms. The van der Waals surface area contributed by atoms with Crippen molar-refractivity contribution in [3.63, 3.8) is 0 Å². The third-order valence-electron chi connectivity index (χ3n) is 5.80. The summed E-state index contributed by atoms with van der Waals surface area (Å²) in [6.45, 7) is 6.10. The van der Waals surface area contributed by atoms with E-state index in [4.69, 9.17) is 39.5 Å². The van der Waals surface area contributed by atoms with Crippen molar-refractivity contribution in [3.8, 4) is 5.75 Å². The lowest BCUT2D eigenvalue weighted by Crippen LogP contribution is -2.48. The molecule has 1 aliphatic rings. The lowest BCUT2D eigenvalue weighted by molar-refractivity contribution is 0.0628. The molecule has 0 radical (unpaired) electrons. The second-order valence-electron chi connectivity index (χ2n) is 8.20. The van der Waals surface area contributed by atoms with Crippen molar-refractivity contribution < 1.29 is 9.53 Å². The van der Waals surface area contributed by atoms with E-state index < -0.39 is 0 Å². The molecule has 7 heteroatoms. The molecule has 3 aromatic rings. The van der Waals surface area contributed by atoms with Crippen LogP contribution in [0.4, 0.5) is 0 Å². The normalized spacial score (nSPS) is 14.4. The molecule has 1 saturated heterocycles. The SMILES string of the molecule is Cc1cc(OCc2ccc(C(=O)N3CCN(Cc4ccc(Cl)cc4Cl)CC3)cc2)ccc1Cl. The zero-order valence-corrected chi connectivity index (χ0v) is 20.6. The van der Waals surface area contributed by atoms with Gasteiger partial charge in [0, 0.05) is 53.4 Å². The van der Waals surface area contributed by atoms with Crippen molar-refractivity contribution in [2.24, 2.45) is 0 Å². The predicted octanol–water partition coefficient (Wildman–Crippen LogP) is 6.49. The highest BCUT2D eigenvalue weighted by Crippen LogP contribution is 2.24. The number of ether oxygens (including phenoxy) is 1. The molecule has 0 spiro atoms. The summed E-state index contributed by atoms with van der Waals surface area (Å²) in [5, 5.41) is 2.04. The summed E-state index contributed by atoms with van der Waals surface area (Å²) >= 11 is 18.3. The minimum atomic E-state index is 0.0555. The van der Waals surface area contributed by atoms with Gasteiger partial charge in [0.2, 0.25) is 0 Å². The fourth-order valence-electron chi connectivity index (χ4n) is 3.80. The summed E-state index contributed by atoms with van der Waals surface area (Å²) in [6, 6.07) is 18.8. The molecular weight excluding hydrogens is 479 g/mol. The number of rotatable bonds is 6. The van der Waals surface area contributed by atoms with Crippen molar-refractivity contribution in [2.45, 2.75) is 20.1 Å². The van der Waals surface area contributed by atoms with Crippen molar-refractivity contribution in [3.05, 3.63) is 98.0 Å². The molecule has 0 aromatic heterocycles. The van der Waals surface area contributed by atoms with Gasteiger partial charge in [-0.2, -0.15) is 0 Å². The van der Waals surface area contributed by atoms with Gasteiger partial charge < -0.3 is 9.64 Å². The maximum absolute atomic E-state index is 12.9. The summed E-state index contributed by atoms with van der Waals surface area (Å²) < 4.78 is 5.84. The lowest BCUT2D eigenvalue weighted by atomic mass is 10.1. The van der Waals surface area contributed by atoms with Gasteiger partial charge in [0.15, 0.2) is 0 Å². The van der Waals surface area contributed by atoms with Crippen LogP contribution in [0.2, 0.25) is 15.1 Å². The van der Waals surface area contributed by atoms with E-state index in [9.17, 15) is 4.79 Å². The van der Waals surface area contributed by atoms with Gasteiger partial charge in [0.1, 0.15) is 12.4 Å². The number of benzene rings is 3. The van der Waals surface area contributed by atoms with Crippen LogP contribution in [0.3, 0.4) is 0 Å². The van der Waals surface area contributed by atoms with E-state index in [1.807, 2.05) is 66.4 Å². The molecule has 3 aromatic carbocycles. The smallest absolute Gasteiger partial charge is 0.253 e. The Hall–Kier alpha value is -2.24. The van der Waals surface area contributed by atoms with Crippen LogP contribution in [0, 0.1) is 6.92 Å². The van der Waals surface area contributed by atoms with Gasteiger partial charge in [-0.1, -0.05) is 53.0 Å². The Morgan fingerprint density at radius 2 is 1.61 bits per heavy atom. The van der Waals surface area contributed by atoms with E-state index >= 15 is 0 Å². The summed E-state index contributed by atoms with van der Waals surface area (Å²) in [6.07, 6.45) is 0. The van der Waals surface area contributed by atoms with Crippen molar-refractivity contribution in [1.29, 1.82) is 0 Å².